The predicted molar refractivity (Wildman–Crippen MR) is 93.2 cm³/mol. The quantitative estimate of drug-likeness (QED) is 0.241. The van der Waals surface area contributed by atoms with Crippen LogP contribution in [0.3, 0.4) is 0 Å². The lowest BCUT2D eigenvalue weighted by molar-refractivity contribution is -0.890. The van der Waals surface area contributed by atoms with Crippen LogP contribution in [0.5, 0.6) is 0 Å². The highest BCUT2D eigenvalue weighted by molar-refractivity contribution is 7.74. The average Bonchev–Trinajstić information content (AvgIpc) is 2.45. The Bertz CT molecular complexity index is 273. The standard InChI is InChI=1S/C17H37NO3S/c1-4-5-6-7-8-9-10-11-12-13-15-18(2,3)16-14-17-21-22(19)20/h4-17H2,1-3H3. The molecule has 0 N–H and O–H groups in total. The second-order valence-electron chi connectivity index (χ2n) is 6.94. The molecule has 0 saturated heterocycles. The smallest absolute Gasteiger partial charge is 0.0842 e. The summed E-state index contributed by atoms with van der Waals surface area (Å²) in [6.07, 6.45) is 14.4. The summed E-state index contributed by atoms with van der Waals surface area (Å²) in [6, 6.07) is 0. The third-order valence-electron chi connectivity index (χ3n) is 4.20. The summed E-state index contributed by atoms with van der Waals surface area (Å²) in [4.78, 5) is 0. The highest BCUT2D eigenvalue weighted by Crippen LogP contribution is 2.11. The number of nitrogens with zero attached hydrogens (tertiary/aromatic N) is 1. The van der Waals surface area contributed by atoms with Crippen molar-refractivity contribution >= 4 is 11.4 Å². The van der Waals surface area contributed by atoms with Gasteiger partial charge < -0.3 is 13.2 Å². The minimum absolute atomic E-state index is 0.301. The van der Waals surface area contributed by atoms with E-state index in [4.69, 9.17) is 0 Å². The van der Waals surface area contributed by atoms with Crippen LogP contribution in [0.25, 0.3) is 0 Å². The van der Waals surface area contributed by atoms with Crippen LogP contribution in [0, 0.1) is 0 Å². The first-order valence-electron chi connectivity index (χ1n) is 9.02. The molecule has 0 amide bonds. The second-order valence-corrected chi connectivity index (χ2v) is 7.59. The molecule has 0 aromatic carbocycles. The summed E-state index contributed by atoms with van der Waals surface area (Å²) in [7, 11) is 4.42. The van der Waals surface area contributed by atoms with Crippen LogP contribution in [0.15, 0.2) is 0 Å². The van der Waals surface area contributed by atoms with Gasteiger partial charge in [0, 0.05) is 6.42 Å². The van der Waals surface area contributed by atoms with Crippen LogP contribution in [-0.4, -0.2) is 47.0 Å². The van der Waals surface area contributed by atoms with Crippen LogP contribution in [0.1, 0.15) is 77.6 Å². The van der Waals surface area contributed by atoms with E-state index in [0.29, 0.717) is 6.61 Å². The van der Waals surface area contributed by atoms with Gasteiger partial charge in [-0.3, -0.25) is 0 Å². The van der Waals surface area contributed by atoms with Crippen molar-refractivity contribution in [1.29, 1.82) is 0 Å². The molecule has 0 rings (SSSR count). The number of rotatable bonds is 16. The average molecular weight is 336 g/mol. The Morgan fingerprint density at radius 1 is 0.818 bits per heavy atom. The molecule has 0 aromatic rings. The maximum absolute atomic E-state index is 10.3. The molecule has 4 nitrogen and oxygen atoms in total. The Morgan fingerprint density at radius 3 is 1.77 bits per heavy atom. The lowest BCUT2D eigenvalue weighted by Gasteiger charge is -2.29. The van der Waals surface area contributed by atoms with E-state index in [0.717, 1.165) is 24.0 Å². The van der Waals surface area contributed by atoms with Crippen molar-refractivity contribution < 1.29 is 17.4 Å². The van der Waals surface area contributed by atoms with Gasteiger partial charge in [-0.05, 0) is 12.8 Å². The third-order valence-corrected chi connectivity index (χ3v) is 4.56. The van der Waals surface area contributed by atoms with Gasteiger partial charge in [0.15, 0.2) is 0 Å². The van der Waals surface area contributed by atoms with Crippen molar-refractivity contribution in [2.24, 2.45) is 0 Å². The van der Waals surface area contributed by atoms with Gasteiger partial charge in [-0.1, -0.05) is 58.3 Å². The lowest BCUT2D eigenvalue weighted by atomic mass is 10.1. The first-order valence-corrected chi connectivity index (χ1v) is 10.0. The summed E-state index contributed by atoms with van der Waals surface area (Å²) < 4.78 is 26.0. The van der Waals surface area contributed by atoms with Gasteiger partial charge in [0.25, 0.3) is 0 Å². The molecule has 0 heterocycles. The van der Waals surface area contributed by atoms with E-state index in [1.807, 2.05) is 0 Å². The fourth-order valence-electron chi connectivity index (χ4n) is 2.76. The number of quaternary nitrogens is 1. The fraction of sp³-hybridized carbons (Fsp3) is 1.00. The second kappa shape index (κ2) is 14.6. The molecule has 0 aliphatic carbocycles. The van der Waals surface area contributed by atoms with Gasteiger partial charge >= 0.3 is 0 Å². The Morgan fingerprint density at radius 2 is 1.27 bits per heavy atom. The van der Waals surface area contributed by atoms with E-state index in [1.165, 1.54) is 64.2 Å². The Kier molecular flexibility index (Phi) is 14.6. The Labute approximate surface area is 140 Å². The molecular weight excluding hydrogens is 298 g/mol. The van der Waals surface area contributed by atoms with E-state index >= 15 is 0 Å². The molecule has 0 aliphatic heterocycles. The molecule has 0 radical (unpaired) electrons. The zero-order valence-electron chi connectivity index (χ0n) is 15.0. The summed E-state index contributed by atoms with van der Waals surface area (Å²) in [5, 5.41) is 0. The van der Waals surface area contributed by atoms with Crippen molar-refractivity contribution in [3.05, 3.63) is 0 Å². The van der Waals surface area contributed by atoms with Crippen molar-refractivity contribution in [3.8, 4) is 0 Å². The van der Waals surface area contributed by atoms with Gasteiger partial charge in [-0.2, -0.15) is 0 Å². The molecule has 0 aliphatic rings. The summed E-state index contributed by atoms with van der Waals surface area (Å²) in [5.74, 6) is 0. The summed E-state index contributed by atoms with van der Waals surface area (Å²) in [6.45, 7) is 4.69. The van der Waals surface area contributed by atoms with Crippen molar-refractivity contribution in [1.82, 2.24) is 0 Å². The van der Waals surface area contributed by atoms with Gasteiger partial charge in [0.1, 0.15) is 0 Å². The normalized spacial score (nSPS) is 13.5. The monoisotopic (exact) mass is 335 g/mol. The topological polar surface area (TPSA) is 49.4 Å². The molecule has 5 heteroatoms. The number of unbranched alkanes of at least 4 members (excludes halogenated alkanes) is 9. The van der Waals surface area contributed by atoms with Crippen LogP contribution in [-0.2, 0) is 15.5 Å². The molecule has 22 heavy (non-hydrogen) atoms. The largest absolute Gasteiger partial charge is 0.750 e. The molecule has 0 spiro atoms. The number of hydrogen-bond acceptors (Lipinski definition) is 3. The van der Waals surface area contributed by atoms with Crippen LogP contribution >= 0.6 is 0 Å². The molecular formula is C17H37NO3S. The van der Waals surface area contributed by atoms with Crippen molar-refractivity contribution in [3.63, 3.8) is 0 Å². The summed E-state index contributed by atoms with van der Waals surface area (Å²) >= 11 is -2.36. The Balaban J connectivity index is 3.35. The highest BCUT2D eigenvalue weighted by Gasteiger charge is 2.13. The highest BCUT2D eigenvalue weighted by atomic mass is 32.2. The number of hydrogen-bond donors (Lipinski definition) is 0. The molecule has 0 bridgehead atoms. The van der Waals surface area contributed by atoms with Gasteiger partial charge in [0.2, 0.25) is 0 Å². The molecule has 0 aromatic heterocycles. The van der Waals surface area contributed by atoms with Crippen LogP contribution in [0.4, 0.5) is 0 Å². The predicted octanol–water partition coefficient (Wildman–Crippen LogP) is 4.18. The maximum atomic E-state index is 10.3. The van der Waals surface area contributed by atoms with Gasteiger partial charge in [-0.25, -0.2) is 4.21 Å². The SMILES string of the molecule is CCCCCCCCCCCC[N+](C)(C)CCCOS(=O)[O-]. The minimum Gasteiger partial charge on any atom is -0.750 e. The van der Waals surface area contributed by atoms with Crippen molar-refractivity contribution in [2.45, 2.75) is 77.6 Å². The fourth-order valence-corrected chi connectivity index (χ4v) is 3.01. The third kappa shape index (κ3) is 16.4. The van der Waals surface area contributed by atoms with Crippen LogP contribution < -0.4 is 0 Å². The van der Waals surface area contributed by atoms with Gasteiger partial charge in [0.05, 0.1) is 45.2 Å². The molecule has 1 atom stereocenters. The van der Waals surface area contributed by atoms with E-state index in [1.54, 1.807) is 0 Å². The summed E-state index contributed by atoms with van der Waals surface area (Å²) in [5.41, 5.74) is 0. The van der Waals surface area contributed by atoms with Crippen LogP contribution in [0.2, 0.25) is 0 Å². The van der Waals surface area contributed by atoms with Gasteiger partial charge in [-0.15, -0.1) is 0 Å². The zero-order chi connectivity index (χ0) is 16.7. The first-order chi connectivity index (χ1) is 10.5. The van der Waals surface area contributed by atoms with E-state index in [-0.39, 0.29) is 0 Å². The molecule has 1 unspecified atom stereocenters. The maximum Gasteiger partial charge on any atom is 0.0842 e. The Hall–Kier alpha value is 0.0300. The zero-order valence-corrected chi connectivity index (χ0v) is 15.8. The first kappa shape index (κ1) is 22.0. The van der Waals surface area contributed by atoms with E-state index in [2.05, 4.69) is 25.2 Å². The lowest BCUT2D eigenvalue weighted by Crippen LogP contribution is -2.41. The minimum atomic E-state index is -2.36. The van der Waals surface area contributed by atoms with Crippen molar-refractivity contribution in [2.75, 3.05) is 33.8 Å². The molecule has 0 fully saturated rings. The van der Waals surface area contributed by atoms with E-state index in [9.17, 15) is 8.76 Å². The van der Waals surface area contributed by atoms with E-state index < -0.39 is 11.4 Å². The molecule has 134 valence electrons. The molecule has 0 saturated carbocycles.